The van der Waals surface area contributed by atoms with E-state index in [4.69, 9.17) is 0 Å². The molecule has 1 unspecified atom stereocenters. The van der Waals surface area contributed by atoms with E-state index in [1.807, 2.05) is 24.3 Å². The molecule has 1 amide bonds. The molecule has 2 rings (SSSR count). The van der Waals surface area contributed by atoms with Gasteiger partial charge in [0.15, 0.2) is 0 Å². The third-order valence-corrected chi connectivity index (χ3v) is 3.28. The molecule has 0 aromatic heterocycles. The second-order valence-electron chi connectivity index (χ2n) is 4.80. The predicted molar refractivity (Wildman–Crippen MR) is 80.8 cm³/mol. The Bertz CT molecular complexity index is 571. The maximum Gasteiger partial charge on any atom is 0.255 e. The summed E-state index contributed by atoms with van der Waals surface area (Å²) in [6, 6.07) is 14.8. The van der Waals surface area contributed by atoms with E-state index in [9.17, 15) is 9.90 Å². The van der Waals surface area contributed by atoms with Gasteiger partial charge in [-0.15, -0.1) is 0 Å². The van der Waals surface area contributed by atoms with Gasteiger partial charge >= 0.3 is 0 Å². The van der Waals surface area contributed by atoms with Crippen LogP contribution in [0.15, 0.2) is 48.5 Å². The Morgan fingerprint density at radius 3 is 2.20 bits per heavy atom. The monoisotopic (exact) mass is 269 g/mol. The van der Waals surface area contributed by atoms with Crippen molar-refractivity contribution in [3.05, 3.63) is 65.2 Å². The van der Waals surface area contributed by atoms with E-state index in [1.165, 1.54) is 5.56 Å². The van der Waals surface area contributed by atoms with Crippen LogP contribution in [0.5, 0.6) is 0 Å². The van der Waals surface area contributed by atoms with Gasteiger partial charge in [-0.05, 0) is 48.7 Å². The average molecular weight is 269 g/mol. The van der Waals surface area contributed by atoms with Crippen molar-refractivity contribution >= 4 is 11.6 Å². The lowest BCUT2D eigenvalue weighted by Gasteiger charge is -2.08. The summed E-state index contributed by atoms with van der Waals surface area (Å²) < 4.78 is 0. The Labute approximate surface area is 119 Å². The molecule has 3 nitrogen and oxygen atoms in total. The summed E-state index contributed by atoms with van der Waals surface area (Å²) in [5, 5.41) is 12.3. The highest BCUT2D eigenvalue weighted by molar-refractivity contribution is 6.04. The number of aryl methyl sites for hydroxylation is 1. The molecule has 20 heavy (non-hydrogen) atoms. The van der Waals surface area contributed by atoms with Crippen LogP contribution in [0.4, 0.5) is 5.69 Å². The molecule has 0 spiro atoms. The number of anilines is 1. The molecule has 3 heteroatoms. The largest absolute Gasteiger partial charge is 0.389 e. The summed E-state index contributed by atoms with van der Waals surface area (Å²) in [5.41, 5.74) is 3.40. The van der Waals surface area contributed by atoms with Crippen LogP contribution in [0.2, 0.25) is 0 Å². The first-order valence-electron chi connectivity index (χ1n) is 6.78. The second kappa shape index (κ2) is 6.35. The van der Waals surface area contributed by atoms with Gasteiger partial charge in [-0.25, -0.2) is 0 Å². The first kappa shape index (κ1) is 14.3. The van der Waals surface area contributed by atoms with E-state index in [0.717, 1.165) is 17.7 Å². The first-order valence-corrected chi connectivity index (χ1v) is 6.78. The van der Waals surface area contributed by atoms with Crippen molar-refractivity contribution in [3.8, 4) is 0 Å². The molecule has 0 saturated heterocycles. The molecular formula is C17H19NO2. The lowest BCUT2D eigenvalue weighted by atomic mass is 10.1. The van der Waals surface area contributed by atoms with Gasteiger partial charge < -0.3 is 10.4 Å². The van der Waals surface area contributed by atoms with Crippen molar-refractivity contribution in [1.82, 2.24) is 0 Å². The van der Waals surface area contributed by atoms with E-state index < -0.39 is 6.10 Å². The molecule has 1 atom stereocenters. The number of hydrogen-bond acceptors (Lipinski definition) is 2. The topological polar surface area (TPSA) is 49.3 Å². The zero-order chi connectivity index (χ0) is 14.5. The molecule has 0 fully saturated rings. The lowest BCUT2D eigenvalue weighted by Crippen LogP contribution is -2.11. The van der Waals surface area contributed by atoms with E-state index >= 15 is 0 Å². The zero-order valence-corrected chi connectivity index (χ0v) is 11.8. The maximum atomic E-state index is 12.1. The van der Waals surface area contributed by atoms with Crippen molar-refractivity contribution in [2.45, 2.75) is 26.4 Å². The van der Waals surface area contributed by atoms with Crippen LogP contribution < -0.4 is 5.32 Å². The average Bonchev–Trinajstić information content (AvgIpc) is 2.48. The number of aliphatic hydroxyl groups is 1. The molecular weight excluding hydrogens is 250 g/mol. The quantitative estimate of drug-likeness (QED) is 0.891. The fraction of sp³-hybridized carbons (Fsp3) is 0.235. The lowest BCUT2D eigenvalue weighted by molar-refractivity contribution is 0.102. The predicted octanol–water partition coefficient (Wildman–Crippen LogP) is 3.55. The molecule has 2 aromatic rings. The normalized spacial score (nSPS) is 11.9. The summed E-state index contributed by atoms with van der Waals surface area (Å²) in [6.45, 7) is 3.79. The van der Waals surface area contributed by atoms with Gasteiger partial charge in [-0.2, -0.15) is 0 Å². The van der Waals surface area contributed by atoms with Crippen LogP contribution in [0.3, 0.4) is 0 Å². The van der Waals surface area contributed by atoms with Crippen molar-refractivity contribution in [2.24, 2.45) is 0 Å². The fourth-order valence-corrected chi connectivity index (χ4v) is 1.94. The van der Waals surface area contributed by atoms with Crippen molar-refractivity contribution in [2.75, 3.05) is 5.32 Å². The number of carbonyl (C=O) groups is 1. The number of benzene rings is 2. The van der Waals surface area contributed by atoms with E-state index in [1.54, 1.807) is 31.2 Å². The molecule has 0 heterocycles. The Kier molecular flexibility index (Phi) is 4.53. The summed E-state index contributed by atoms with van der Waals surface area (Å²) >= 11 is 0. The molecule has 0 bridgehead atoms. The van der Waals surface area contributed by atoms with Gasteiger partial charge in [0, 0.05) is 11.3 Å². The van der Waals surface area contributed by atoms with Crippen molar-refractivity contribution in [1.29, 1.82) is 0 Å². The van der Waals surface area contributed by atoms with Gasteiger partial charge in [-0.3, -0.25) is 4.79 Å². The van der Waals surface area contributed by atoms with Gasteiger partial charge in [0.05, 0.1) is 6.10 Å². The number of aliphatic hydroxyl groups excluding tert-OH is 1. The number of hydrogen-bond donors (Lipinski definition) is 2. The molecule has 0 aliphatic heterocycles. The molecule has 2 aromatic carbocycles. The van der Waals surface area contributed by atoms with Crippen LogP contribution in [0.25, 0.3) is 0 Å². The number of nitrogens with one attached hydrogen (secondary N) is 1. The number of carbonyl (C=O) groups excluding carboxylic acids is 1. The second-order valence-corrected chi connectivity index (χ2v) is 4.80. The third kappa shape index (κ3) is 3.45. The maximum absolute atomic E-state index is 12.1. The smallest absolute Gasteiger partial charge is 0.255 e. The zero-order valence-electron chi connectivity index (χ0n) is 11.8. The first-order chi connectivity index (χ1) is 9.60. The number of amides is 1. The minimum Gasteiger partial charge on any atom is -0.389 e. The highest BCUT2D eigenvalue weighted by Crippen LogP contribution is 2.16. The van der Waals surface area contributed by atoms with Crippen molar-refractivity contribution in [3.63, 3.8) is 0 Å². The summed E-state index contributed by atoms with van der Waals surface area (Å²) in [4.78, 5) is 12.1. The molecule has 0 saturated carbocycles. The summed E-state index contributed by atoms with van der Waals surface area (Å²) in [5.74, 6) is -0.127. The van der Waals surface area contributed by atoms with Gasteiger partial charge in [0.25, 0.3) is 5.91 Å². The van der Waals surface area contributed by atoms with Gasteiger partial charge in [0.2, 0.25) is 0 Å². The van der Waals surface area contributed by atoms with Crippen molar-refractivity contribution < 1.29 is 9.90 Å². The SMILES string of the molecule is CCc1ccc(C(=O)Nc2ccc(C(C)O)cc2)cc1. The van der Waals surface area contributed by atoms with Crippen LogP contribution in [0, 0.1) is 0 Å². The van der Waals surface area contributed by atoms with Crippen LogP contribution >= 0.6 is 0 Å². The fourth-order valence-electron chi connectivity index (χ4n) is 1.94. The minimum atomic E-state index is -0.499. The molecule has 0 aliphatic carbocycles. The highest BCUT2D eigenvalue weighted by atomic mass is 16.3. The van der Waals surface area contributed by atoms with E-state index in [-0.39, 0.29) is 5.91 Å². The summed E-state index contributed by atoms with van der Waals surface area (Å²) in [6.07, 6.45) is 0.462. The van der Waals surface area contributed by atoms with Crippen LogP contribution in [0.1, 0.15) is 41.4 Å². The number of rotatable bonds is 4. The van der Waals surface area contributed by atoms with E-state index in [2.05, 4.69) is 12.2 Å². The van der Waals surface area contributed by atoms with Gasteiger partial charge in [0.1, 0.15) is 0 Å². The van der Waals surface area contributed by atoms with Crippen LogP contribution in [-0.2, 0) is 6.42 Å². The third-order valence-electron chi connectivity index (χ3n) is 3.28. The molecule has 0 radical (unpaired) electrons. The van der Waals surface area contributed by atoms with E-state index in [0.29, 0.717) is 5.56 Å². The highest BCUT2D eigenvalue weighted by Gasteiger charge is 2.06. The van der Waals surface area contributed by atoms with Crippen LogP contribution in [-0.4, -0.2) is 11.0 Å². The molecule has 0 aliphatic rings. The standard InChI is InChI=1S/C17H19NO2/c1-3-13-4-6-15(7-5-13)17(20)18-16-10-8-14(9-11-16)12(2)19/h4-12,19H,3H2,1-2H3,(H,18,20). The Morgan fingerprint density at radius 2 is 1.70 bits per heavy atom. The summed E-state index contributed by atoms with van der Waals surface area (Å²) in [7, 11) is 0. The Balaban J connectivity index is 2.06. The molecule has 104 valence electrons. The Morgan fingerprint density at radius 1 is 1.10 bits per heavy atom. The molecule has 2 N–H and O–H groups in total. The Hall–Kier alpha value is -2.13. The van der Waals surface area contributed by atoms with Gasteiger partial charge in [-0.1, -0.05) is 31.2 Å². The minimum absolute atomic E-state index is 0.127.